The zero-order chi connectivity index (χ0) is 40.9. The molecular weight excluding hydrogens is 741 g/mol. The van der Waals surface area contributed by atoms with Crippen LogP contribution in [0.2, 0.25) is 0 Å². The number of esters is 2. The number of nitrogens with zero attached hydrogens (tertiary/aromatic N) is 2. The first-order valence-corrected chi connectivity index (χ1v) is 22.6. The molecule has 2 N–H and O–H groups in total. The number of aliphatic hydroxyl groups is 1. The van der Waals surface area contributed by atoms with Crippen LogP contribution in [-0.4, -0.2) is 83.6 Å². The van der Waals surface area contributed by atoms with Crippen LogP contribution < -0.4 is 4.74 Å². The number of piperidine rings is 2. The highest BCUT2D eigenvalue weighted by Crippen LogP contribution is 2.53. The summed E-state index contributed by atoms with van der Waals surface area (Å²) in [5, 5.41) is 23.2. The second kappa shape index (κ2) is 19.0. The molecule has 0 aromatic heterocycles. The molecule has 4 unspecified atom stereocenters. The van der Waals surface area contributed by atoms with Crippen LogP contribution in [0, 0.1) is 35.5 Å². The van der Waals surface area contributed by atoms with Crippen LogP contribution >= 0.6 is 0 Å². The molecule has 0 radical (unpaired) electrons. The normalized spacial score (nSPS) is 26.5. The topological polar surface area (TPSA) is 109 Å². The molecule has 4 atom stereocenters. The van der Waals surface area contributed by atoms with E-state index in [1.807, 2.05) is 19.9 Å². The van der Waals surface area contributed by atoms with E-state index >= 15 is 0 Å². The average Bonchev–Trinajstić information content (AvgIpc) is 4.08. The fourth-order valence-corrected chi connectivity index (χ4v) is 10.1. The summed E-state index contributed by atoms with van der Waals surface area (Å²) >= 11 is 0. The van der Waals surface area contributed by atoms with Gasteiger partial charge in [-0.3, -0.25) is 19.4 Å². The highest BCUT2D eigenvalue weighted by Gasteiger charge is 2.47. The van der Waals surface area contributed by atoms with E-state index in [1.165, 1.54) is 47.6 Å². The van der Waals surface area contributed by atoms with Crippen molar-refractivity contribution < 1.29 is 34.0 Å². The summed E-state index contributed by atoms with van der Waals surface area (Å²) in [7, 11) is 0. The van der Waals surface area contributed by atoms with Gasteiger partial charge in [-0.25, -0.2) is 0 Å². The van der Waals surface area contributed by atoms with Gasteiger partial charge < -0.3 is 24.4 Å². The van der Waals surface area contributed by atoms with Gasteiger partial charge in [-0.05, 0) is 197 Å². The summed E-state index contributed by atoms with van der Waals surface area (Å²) in [5.41, 5.74) is 2.59. The first kappa shape index (κ1) is 41.5. The first-order valence-electron chi connectivity index (χ1n) is 22.6. The molecule has 4 saturated carbocycles. The molecule has 2 saturated heterocycles. The SMILES string of the molecule is CCOC(=O)C1CCN(Cc2ccc3cc(O)ccc3c2)CC1.CCOC(=O)C1CCN(Cc2ccc3cc(OC4CC5CC5C4)ccc3c2)CC1.OC1CC2CC2C1. The second-order valence-electron chi connectivity index (χ2n) is 18.2. The Kier molecular flexibility index (Phi) is 13.4. The van der Waals surface area contributed by atoms with Gasteiger partial charge in [0.15, 0.2) is 0 Å². The van der Waals surface area contributed by atoms with Crippen molar-refractivity contribution in [1.82, 2.24) is 9.80 Å². The molecule has 0 amide bonds. The Labute approximate surface area is 350 Å². The number of phenolic OH excluding ortho intramolecular Hbond substituents is 1. The molecule has 2 heterocycles. The quantitative estimate of drug-likeness (QED) is 0.152. The van der Waals surface area contributed by atoms with Crippen LogP contribution in [-0.2, 0) is 32.2 Å². The third-order valence-electron chi connectivity index (χ3n) is 13.7. The molecule has 9 heteroatoms. The number of carbonyl (C=O) groups is 2. The van der Waals surface area contributed by atoms with E-state index < -0.39 is 0 Å². The molecule has 10 rings (SSSR count). The second-order valence-corrected chi connectivity index (χ2v) is 18.2. The number of fused-ring (bicyclic) bond motifs is 4. The number of likely N-dealkylation sites (tertiary alicyclic amines) is 2. The minimum absolute atomic E-state index is 0.0227. The predicted molar refractivity (Wildman–Crippen MR) is 231 cm³/mol. The van der Waals surface area contributed by atoms with Crippen molar-refractivity contribution in [3.63, 3.8) is 0 Å². The fraction of sp³-hybridized carbons (Fsp3) is 0.560. The zero-order valence-electron chi connectivity index (χ0n) is 35.1. The summed E-state index contributed by atoms with van der Waals surface area (Å²) in [4.78, 5) is 28.5. The first-order chi connectivity index (χ1) is 28.7. The third kappa shape index (κ3) is 11.2. The van der Waals surface area contributed by atoms with Crippen LogP contribution in [0.4, 0.5) is 0 Å². The Hall–Kier alpha value is -4.18. The molecule has 4 aromatic carbocycles. The van der Waals surface area contributed by atoms with Crippen molar-refractivity contribution in [2.75, 3.05) is 39.4 Å². The van der Waals surface area contributed by atoms with Gasteiger partial charge in [0, 0.05) is 13.1 Å². The number of phenols is 1. The highest BCUT2D eigenvalue weighted by atomic mass is 16.5. The lowest BCUT2D eigenvalue weighted by atomic mass is 9.96. The summed E-state index contributed by atoms with van der Waals surface area (Å²) in [6.45, 7) is 10.3. The van der Waals surface area contributed by atoms with Crippen LogP contribution in [0.5, 0.6) is 11.5 Å². The predicted octanol–water partition coefficient (Wildman–Crippen LogP) is 8.89. The van der Waals surface area contributed by atoms with Crippen molar-refractivity contribution in [3.05, 3.63) is 83.9 Å². The lowest BCUT2D eigenvalue weighted by molar-refractivity contribution is -0.150. The summed E-state index contributed by atoms with van der Waals surface area (Å²) < 4.78 is 16.5. The van der Waals surface area contributed by atoms with Gasteiger partial charge in [0.25, 0.3) is 0 Å². The van der Waals surface area contributed by atoms with Gasteiger partial charge in [-0.15, -0.1) is 0 Å². The molecule has 2 aliphatic heterocycles. The maximum Gasteiger partial charge on any atom is 0.309 e. The standard InChI is InChI=1S/C25H31NO3.C19H23NO3.C6H10O/c1-2-28-25(27)18-7-9-26(10-8-18)16-17-3-4-20-13-23(6-5-19(20)11-17)29-24-14-21-12-22(21)15-24;1-2-23-19(22)15-7-9-20(10-8-15)13-14-3-4-17-12-18(21)6-5-16(17)11-14;7-6-2-4-1-5(4)3-6/h3-6,11,13,18,21-22,24H,2,7-10,12,14-16H2,1H3;3-6,11-12,15,21H,2,7-10,13H2,1H3;4-7H,1-3H2. The van der Waals surface area contributed by atoms with Crippen molar-refractivity contribution in [2.45, 2.75) is 103 Å². The summed E-state index contributed by atoms with van der Waals surface area (Å²) in [5.74, 6) is 5.16. The van der Waals surface area contributed by atoms with E-state index in [4.69, 9.17) is 19.3 Å². The zero-order valence-corrected chi connectivity index (χ0v) is 35.1. The van der Waals surface area contributed by atoms with Gasteiger partial charge in [0.05, 0.1) is 37.3 Å². The maximum absolute atomic E-state index is 11.9. The van der Waals surface area contributed by atoms with E-state index in [0.29, 0.717) is 25.1 Å². The van der Waals surface area contributed by atoms with Gasteiger partial charge >= 0.3 is 11.9 Å². The Morgan fingerprint density at radius 2 is 1.02 bits per heavy atom. The Balaban J connectivity index is 0.000000143. The lowest BCUT2D eigenvalue weighted by Crippen LogP contribution is -2.36. The van der Waals surface area contributed by atoms with Gasteiger partial charge in [0.2, 0.25) is 0 Å². The van der Waals surface area contributed by atoms with Crippen molar-refractivity contribution in [3.8, 4) is 11.5 Å². The highest BCUT2D eigenvalue weighted by molar-refractivity contribution is 5.85. The molecule has 316 valence electrons. The minimum Gasteiger partial charge on any atom is -0.508 e. The third-order valence-corrected chi connectivity index (χ3v) is 13.7. The van der Waals surface area contributed by atoms with E-state index in [-0.39, 0.29) is 29.9 Å². The number of carbonyl (C=O) groups excluding carboxylic acids is 2. The Bertz CT molecular complexity index is 2030. The van der Waals surface area contributed by atoms with Gasteiger partial charge in [-0.2, -0.15) is 0 Å². The molecule has 6 fully saturated rings. The van der Waals surface area contributed by atoms with Gasteiger partial charge in [-0.1, -0.05) is 36.4 Å². The Morgan fingerprint density at radius 1 is 0.576 bits per heavy atom. The number of hydrogen-bond donors (Lipinski definition) is 2. The van der Waals surface area contributed by atoms with Crippen LogP contribution in [0.1, 0.15) is 89.2 Å². The van der Waals surface area contributed by atoms with Crippen molar-refractivity contribution in [1.29, 1.82) is 0 Å². The molecular formula is C50H64N2O7. The van der Waals surface area contributed by atoms with Crippen molar-refractivity contribution >= 4 is 33.5 Å². The summed E-state index contributed by atoms with van der Waals surface area (Å²) in [6.07, 6.45) is 11.6. The molecule has 0 bridgehead atoms. The number of ether oxygens (including phenoxy) is 3. The number of hydrogen-bond acceptors (Lipinski definition) is 9. The molecule has 9 nitrogen and oxygen atoms in total. The molecule has 0 spiro atoms. The van der Waals surface area contributed by atoms with E-state index in [9.17, 15) is 14.7 Å². The minimum atomic E-state index is -0.0438. The van der Waals surface area contributed by atoms with E-state index in [2.05, 4.69) is 64.4 Å². The monoisotopic (exact) mass is 804 g/mol. The lowest BCUT2D eigenvalue weighted by Gasteiger charge is -2.30. The van der Waals surface area contributed by atoms with E-state index in [1.54, 1.807) is 12.1 Å². The number of benzene rings is 4. The Morgan fingerprint density at radius 3 is 1.49 bits per heavy atom. The molecule has 4 aromatic rings. The van der Waals surface area contributed by atoms with Crippen molar-refractivity contribution in [2.24, 2.45) is 35.5 Å². The largest absolute Gasteiger partial charge is 0.508 e. The number of aromatic hydroxyl groups is 1. The molecule has 59 heavy (non-hydrogen) atoms. The fourth-order valence-electron chi connectivity index (χ4n) is 10.1. The average molecular weight is 805 g/mol. The molecule has 4 aliphatic carbocycles. The van der Waals surface area contributed by atoms with Crippen LogP contribution in [0.3, 0.4) is 0 Å². The number of aliphatic hydroxyl groups excluding tert-OH is 1. The summed E-state index contributed by atoms with van der Waals surface area (Å²) in [6, 6.07) is 25.0. The smallest absolute Gasteiger partial charge is 0.309 e. The maximum atomic E-state index is 11.9. The molecule has 6 aliphatic rings. The van der Waals surface area contributed by atoms with Crippen LogP contribution in [0.25, 0.3) is 21.5 Å². The van der Waals surface area contributed by atoms with E-state index in [0.717, 1.165) is 118 Å². The van der Waals surface area contributed by atoms with Gasteiger partial charge in [0.1, 0.15) is 11.5 Å². The number of rotatable bonds is 10. The van der Waals surface area contributed by atoms with Crippen LogP contribution in [0.15, 0.2) is 72.8 Å².